The molecular weight excluding hydrogens is 626 g/mol. The minimum atomic E-state index is -3.02. The molecule has 244 valence electrons. The highest BCUT2D eigenvalue weighted by atomic mass is 32.1. The fourth-order valence-electron chi connectivity index (χ4n) is 5.45. The third kappa shape index (κ3) is 8.20. The summed E-state index contributed by atoms with van der Waals surface area (Å²) in [5, 5.41) is 2.69. The van der Waals surface area contributed by atoms with E-state index >= 15 is 0 Å². The van der Waals surface area contributed by atoms with Crippen LogP contribution >= 0.6 is 12.2 Å². The molecule has 12 heteroatoms. The number of aromatic nitrogens is 1. The van der Waals surface area contributed by atoms with Gasteiger partial charge in [0.05, 0.1) is 24.9 Å². The van der Waals surface area contributed by atoms with Crippen molar-refractivity contribution in [3.8, 4) is 0 Å². The largest absolute Gasteiger partial charge is 0.461 e. The highest BCUT2D eigenvalue weighted by Gasteiger charge is 2.44. The van der Waals surface area contributed by atoms with E-state index in [9.17, 15) is 23.2 Å². The summed E-state index contributed by atoms with van der Waals surface area (Å²) in [4.78, 5) is 45.1. The van der Waals surface area contributed by atoms with E-state index < -0.39 is 42.8 Å². The van der Waals surface area contributed by atoms with E-state index in [2.05, 4.69) is 10.3 Å². The van der Waals surface area contributed by atoms with E-state index in [1.165, 1.54) is 16.0 Å². The van der Waals surface area contributed by atoms with Gasteiger partial charge in [-0.2, -0.15) is 0 Å². The predicted octanol–water partition coefficient (Wildman–Crippen LogP) is 7.02. The average Bonchev–Trinajstić information content (AvgIpc) is 3.57. The average molecular weight is 661 g/mol. The molecule has 2 heterocycles. The molecule has 1 saturated heterocycles. The Morgan fingerprint density at radius 1 is 0.979 bits per heavy atom. The summed E-state index contributed by atoms with van der Waals surface area (Å²) < 4.78 is 40.7. The van der Waals surface area contributed by atoms with Gasteiger partial charge >= 0.3 is 12.1 Å². The molecular formula is C35H34F2N4O5S. The topological polar surface area (TPSA) is 104 Å². The summed E-state index contributed by atoms with van der Waals surface area (Å²) in [5.41, 5.74) is 2.54. The number of alkyl halides is 2. The number of aromatic amines is 1. The summed E-state index contributed by atoms with van der Waals surface area (Å²) in [5.74, 6) is -4.13. The standard InChI is InChI=1S/C35H34F2N4O5S/c1-2-45-32(43)30-28(17-19-38-30)41(33(47)39-31(42)25-13-7-4-8-14-25)22-26-15-9-10-16-27(26)29-21-35(36,37)18-20-40(29)34(44)46-23-24-11-5-3-6-12-24/h3-17,19,29,38H,2,18,20-23H2,1H3,(H,39,42,47). The Morgan fingerprint density at radius 3 is 2.38 bits per heavy atom. The number of nitrogens with zero attached hydrogens (tertiary/aromatic N) is 2. The van der Waals surface area contributed by atoms with Gasteiger partial charge in [0, 0.05) is 31.1 Å². The lowest BCUT2D eigenvalue weighted by atomic mass is 9.90. The van der Waals surface area contributed by atoms with Crippen LogP contribution in [0.25, 0.3) is 0 Å². The van der Waals surface area contributed by atoms with Gasteiger partial charge < -0.3 is 24.3 Å². The van der Waals surface area contributed by atoms with Gasteiger partial charge in [0.1, 0.15) is 12.3 Å². The number of benzene rings is 3. The fourth-order valence-corrected chi connectivity index (χ4v) is 5.71. The van der Waals surface area contributed by atoms with Crippen LogP contribution in [0.15, 0.2) is 97.2 Å². The maximum absolute atomic E-state index is 15.0. The van der Waals surface area contributed by atoms with Crippen molar-refractivity contribution in [1.29, 1.82) is 0 Å². The van der Waals surface area contributed by atoms with Crippen molar-refractivity contribution in [3.05, 3.63) is 125 Å². The molecule has 5 rings (SSSR count). The van der Waals surface area contributed by atoms with Crippen LogP contribution in [0.4, 0.5) is 19.3 Å². The summed E-state index contributed by atoms with van der Waals surface area (Å²) in [6.07, 6.45) is -0.284. The number of nitrogens with one attached hydrogen (secondary N) is 2. The first-order chi connectivity index (χ1) is 22.7. The maximum atomic E-state index is 15.0. The normalized spacial score (nSPS) is 15.4. The third-order valence-corrected chi connectivity index (χ3v) is 8.09. The first-order valence-corrected chi connectivity index (χ1v) is 15.5. The van der Waals surface area contributed by atoms with Crippen LogP contribution in [0.3, 0.4) is 0 Å². The van der Waals surface area contributed by atoms with Crippen molar-refractivity contribution in [1.82, 2.24) is 15.2 Å². The third-order valence-electron chi connectivity index (χ3n) is 7.77. The molecule has 1 fully saturated rings. The summed E-state index contributed by atoms with van der Waals surface area (Å²) in [6.45, 7) is 1.55. The zero-order chi connectivity index (χ0) is 33.4. The minimum absolute atomic E-state index is 0.00573. The molecule has 47 heavy (non-hydrogen) atoms. The van der Waals surface area contributed by atoms with Gasteiger partial charge in [-0.05, 0) is 54.0 Å². The molecule has 1 unspecified atom stereocenters. The van der Waals surface area contributed by atoms with Crippen LogP contribution < -0.4 is 10.2 Å². The quantitative estimate of drug-likeness (QED) is 0.147. The fraction of sp³-hybridized carbons (Fsp3) is 0.257. The number of piperidine rings is 1. The number of amides is 2. The van der Waals surface area contributed by atoms with Gasteiger partial charge in [-0.15, -0.1) is 0 Å². The molecule has 0 radical (unpaired) electrons. The molecule has 1 aliphatic rings. The van der Waals surface area contributed by atoms with Gasteiger partial charge in [0.2, 0.25) is 0 Å². The summed E-state index contributed by atoms with van der Waals surface area (Å²) in [6, 6.07) is 25.0. The molecule has 3 aromatic carbocycles. The number of thiocarbonyl (C=S) groups is 1. The maximum Gasteiger partial charge on any atom is 0.410 e. The number of hydrogen-bond donors (Lipinski definition) is 2. The molecule has 1 aromatic heterocycles. The van der Waals surface area contributed by atoms with E-state index in [0.717, 1.165) is 5.56 Å². The molecule has 0 aliphatic carbocycles. The van der Waals surface area contributed by atoms with Crippen molar-refractivity contribution < 1.29 is 32.6 Å². The molecule has 2 amide bonds. The molecule has 4 aromatic rings. The SMILES string of the molecule is CCOC(=O)c1[nH]ccc1N(Cc1ccccc1C1CC(F)(F)CCN1C(=O)OCc1ccccc1)C(=S)NC(=O)c1ccccc1. The van der Waals surface area contributed by atoms with E-state index in [4.69, 9.17) is 21.7 Å². The number of rotatable bonds is 9. The number of carbonyl (C=O) groups excluding carboxylic acids is 3. The lowest BCUT2D eigenvalue weighted by Crippen LogP contribution is -2.46. The van der Waals surface area contributed by atoms with Crippen LogP contribution in [-0.2, 0) is 22.6 Å². The molecule has 2 N–H and O–H groups in total. The molecule has 1 aliphatic heterocycles. The minimum Gasteiger partial charge on any atom is -0.461 e. The van der Waals surface area contributed by atoms with E-state index in [-0.39, 0.29) is 37.1 Å². The van der Waals surface area contributed by atoms with Crippen LogP contribution in [0.2, 0.25) is 0 Å². The number of halogens is 2. The molecule has 0 bridgehead atoms. The van der Waals surface area contributed by atoms with Crippen molar-refractivity contribution in [2.75, 3.05) is 18.1 Å². The van der Waals surface area contributed by atoms with Gasteiger partial charge in [-0.3, -0.25) is 10.1 Å². The van der Waals surface area contributed by atoms with Gasteiger partial charge in [0.25, 0.3) is 11.8 Å². The lowest BCUT2D eigenvalue weighted by molar-refractivity contribution is -0.0754. The number of hydrogen-bond acceptors (Lipinski definition) is 6. The lowest BCUT2D eigenvalue weighted by Gasteiger charge is -2.40. The highest BCUT2D eigenvalue weighted by Crippen LogP contribution is 2.41. The molecule has 0 spiro atoms. The Hall–Kier alpha value is -5.10. The summed E-state index contributed by atoms with van der Waals surface area (Å²) in [7, 11) is 0. The Bertz CT molecular complexity index is 1720. The molecule has 0 saturated carbocycles. The zero-order valence-corrected chi connectivity index (χ0v) is 26.5. The van der Waals surface area contributed by atoms with Crippen LogP contribution in [0.5, 0.6) is 0 Å². The molecule has 9 nitrogen and oxygen atoms in total. The second kappa shape index (κ2) is 15.0. The predicted molar refractivity (Wildman–Crippen MR) is 176 cm³/mol. The van der Waals surface area contributed by atoms with Crippen LogP contribution in [-0.4, -0.2) is 52.0 Å². The summed E-state index contributed by atoms with van der Waals surface area (Å²) >= 11 is 5.71. The first kappa shape index (κ1) is 33.3. The van der Waals surface area contributed by atoms with E-state index in [0.29, 0.717) is 22.4 Å². The second-order valence-electron chi connectivity index (χ2n) is 10.9. The zero-order valence-electron chi connectivity index (χ0n) is 25.7. The Balaban J connectivity index is 1.48. The number of esters is 1. The molecule has 1 atom stereocenters. The smallest absolute Gasteiger partial charge is 0.410 e. The monoisotopic (exact) mass is 660 g/mol. The van der Waals surface area contributed by atoms with Gasteiger partial charge in [-0.25, -0.2) is 18.4 Å². The van der Waals surface area contributed by atoms with Crippen molar-refractivity contribution in [2.45, 2.75) is 44.9 Å². The van der Waals surface area contributed by atoms with Crippen LogP contribution in [0, 0.1) is 0 Å². The Kier molecular flexibility index (Phi) is 10.6. The highest BCUT2D eigenvalue weighted by molar-refractivity contribution is 7.80. The van der Waals surface area contributed by atoms with Gasteiger partial charge in [0.15, 0.2) is 5.11 Å². The van der Waals surface area contributed by atoms with Crippen molar-refractivity contribution >= 4 is 41.0 Å². The Morgan fingerprint density at radius 2 is 1.66 bits per heavy atom. The first-order valence-electron chi connectivity index (χ1n) is 15.1. The van der Waals surface area contributed by atoms with E-state index in [1.54, 1.807) is 67.6 Å². The number of carbonyl (C=O) groups is 3. The van der Waals surface area contributed by atoms with Crippen molar-refractivity contribution in [3.63, 3.8) is 0 Å². The second-order valence-corrected chi connectivity index (χ2v) is 11.3. The Labute approximate surface area is 276 Å². The van der Waals surface area contributed by atoms with E-state index in [1.807, 2.05) is 30.3 Å². The van der Waals surface area contributed by atoms with Gasteiger partial charge in [-0.1, -0.05) is 72.8 Å². The number of ether oxygens (including phenoxy) is 2. The number of likely N-dealkylation sites (tertiary alicyclic amines) is 1. The van der Waals surface area contributed by atoms with Crippen molar-refractivity contribution in [2.24, 2.45) is 0 Å². The number of H-pyrrole nitrogens is 1. The van der Waals surface area contributed by atoms with Crippen LogP contribution in [0.1, 0.15) is 63.3 Å². The number of anilines is 1.